The third-order valence-electron chi connectivity index (χ3n) is 6.70. The van der Waals surface area contributed by atoms with Gasteiger partial charge in [0.15, 0.2) is 11.5 Å². The number of nitrogens with one attached hydrogen (secondary N) is 1. The minimum atomic E-state index is -4.66. The smallest absolute Gasteiger partial charge is 0.390 e. The molecule has 0 atom stereocenters. The minimum absolute atomic E-state index is 0.0220. The number of amides is 1. The number of aromatic nitrogens is 2. The molecule has 1 saturated heterocycles. The molecular formula is C30H36F3N5O5S. The van der Waals surface area contributed by atoms with Crippen LogP contribution in [0.4, 0.5) is 19.0 Å². The Balaban J connectivity index is 1.37. The summed E-state index contributed by atoms with van der Waals surface area (Å²) in [6.45, 7) is 9.95. The fourth-order valence-corrected chi connectivity index (χ4v) is 5.68. The molecule has 0 spiro atoms. The van der Waals surface area contributed by atoms with Gasteiger partial charge in [-0.05, 0) is 79.9 Å². The third kappa shape index (κ3) is 9.81. The van der Waals surface area contributed by atoms with Crippen LogP contribution in [0, 0.1) is 0 Å². The van der Waals surface area contributed by atoms with E-state index in [1.54, 1.807) is 4.72 Å². The number of halogens is 3. The number of carbonyl (C=O) groups is 1. The van der Waals surface area contributed by atoms with Gasteiger partial charge in [0.1, 0.15) is 11.5 Å². The molecule has 44 heavy (non-hydrogen) atoms. The van der Waals surface area contributed by atoms with E-state index in [2.05, 4.69) is 27.2 Å². The van der Waals surface area contributed by atoms with Crippen molar-refractivity contribution in [2.24, 2.45) is 0 Å². The number of sulfonamides is 1. The van der Waals surface area contributed by atoms with Crippen molar-refractivity contribution >= 4 is 21.7 Å². The Morgan fingerprint density at radius 2 is 1.70 bits per heavy atom. The molecular weight excluding hydrogens is 599 g/mol. The number of hydrogen-bond donors (Lipinski definition) is 1. The summed E-state index contributed by atoms with van der Waals surface area (Å²) in [5, 5.41) is 7.84. The van der Waals surface area contributed by atoms with Gasteiger partial charge in [-0.1, -0.05) is 12.1 Å². The minimum Gasteiger partial charge on any atom is -0.494 e. The summed E-state index contributed by atoms with van der Waals surface area (Å²) in [4.78, 5) is 16.5. The van der Waals surface area contributed by atoms with E-state index in [0.29, 0.717) is 32.1 Å². The van der Waals surface area contributed by atoms with Gasteiger partial charge in [0.05, 0.1) is 24.9 Å². The topological polar surface area (TPSA) is 114 Å². The summed E-state index contributed by atoms with van der Waals surface area (Å²) in [5.41, 5.74) is 2.86. The highest BCUT2D eigenvalue weighted by molar-refractivity contribution is 7.90. The Morgan fingerprint density at radius 1 is 0.977 bits per heavy atom. The quantitative estimate of drug-likeness (QED) is 0.304. The first-order valence-electron chi connectivity index (χ1n) is 14.3. The summed E-state index contributed by atoms with van der Waals surface area (Å²) in [7, 11) is -4.47. The summed E-state index contributed by atoms with van der Waals surface area (Å²) in [6.07, 6.45) is -6.20. The Labute approximate surface area is 255 Å². The molecule has 1 aliphatic rings. The Bertz CT molecular complexity index is 1530. The molecule has 4 rings (SSSR count). The van der Waals surface area contributed by atoms with Gasteiger partial charge in [-0.25, -0.2) is 13.1 Å². The molecule has 1 aromatic heterocycles. The van der Waals surface area contributed by atoms with Crippen LogP contribution in [0.2, 0.25) is 0 Å². The summed E-state index contributed by atoms with van der Waals surface area (Å²) in [5.74, 6) is -0.287. The van der Waals surface area contributed by atoms with Gasteiger partial charge in [-0.3, -0.25) is 9.69 Å². The molecule has 0 unspecified atom stereocenters. The summed E-state index contributed by atoms with van der Waals surface area (Å²) < 4.78 is 74.1. The lowest BCUT2D eigenvalue weighted by molar-refractivity contribution is -0.130. The Kier molecular flexibility index (Phi) is 10.7. The molecule has 238 valence electrons. The van der Waals surface area contributed by atoms with Crippen LogP contribution < -0.4 is 19.1 Å². The lowest BCUT2D eigenvalue weighted by Gasteiger charge is -2.35. The molecule has 0 bridgehead atoms. The zero-order chi connectivity index (χ0) is 31.9. The number of piperazine rings is 1. The second-order valence-electron chi connectivity index (χ2n) is 10.6. The SMILES string of the molecule is CCOc1cccc(-c2cc(CN3CCN(c4ccc(C(=O)NS(=O)(=O)CCC(F)(F)F)nn4)CC3)cc(OC(C)C)c2)c1. The first-order chi connectivity index (χ1) is 20.8. The van der Waals surface area contributed by atoms with Crippen molar-refractivity contribution in [2.75, 3.05) is 43.4 Å². The molecule has 2 heterocycles. The fourth-order valence-electron chi connectivity index (χ4n) is 4.69. The highest BCUT2D eigenvalue weighted by Gasteiger charge is 2.31. The van der Waals surface area contributed by atoms with E-state index in [0.717, 1.165) is 41.3 Å². The largest absolute Gasteiger partial charge is 0.494 e. The zero-order valence-electron chi connectivity index (χ0n) is 24.8. The molecule has 3 aromatic rings. The van der Waals surface area contributed by atoms with Crippen LogP contribution in [0.5, 0.6) is 11.5 Å². The van der Waals surface area contributed by atoms with Crippen LogP contribution in [0.1, 0.15) is 43.2 Å². The van der Waals surface area contributed by atoms with Crippen molar-refractivity contribution in [3.63, 3.8) is 0 Å². The standard InChI is InChI=1S/C30H36F3N5O5S/c1-4-42-25-7-5-6-23(18-25)24-16-22(17-26(19-24)43-21(2)3)20-37-11-13-38(14-12-37)28-9-8-27(34-35-28)29(39)36-44(40,41)15-10-30(31,32)33/h5-9,16-19,21H,4,10-15,20H2,1-3H3,(H,36,39). The fraction of sp³-hybridized carbons (Fsp3) is 0.433. The number of benzene rings is 2. The van der Waals surface area contributed by atoms with Crippen molar-refractivity contribution in [3.8, 4) is 22.6 Å². The first-order valence-corrected chi connectivity index (χ1v) is 15.9. The second kappa shape index (κ2) is 14.2. The number of carbonyl (C=O) groups excluding carboxylic acids is 1. The highest BCUT2D eigenvalue weighted by Crippen LogP contribution is 2.30. The van der Waals surface area contributed by atoms with Crippen LogP contribution >= 0.6 is 0 Å². The van der Waals surface area contributed by atoms with E-state index < -0.39 is 34.3 Å². The van der Waals surface area contributed by atoms with Crippen molar-refractivity contribution in [1.82, 2.24) is 19.8 Å². The number of hydrogen-bond acceptors (Lipinski definition) is 9. The molecule has 14 heteroatoms. The lowest BCUT2D eigenvalue weighted by Crippen LogP contribution is -2.46. The molecule has 1 N–H and O–H groups in total. The average Bonchev–Trinajstić information content (AvgIpc) is 2.96. The number of rotatable bonds is 12. The van der Waals surface area contributed by atoms with Crippen molar-refractivity contribution < 1.29 is 35.9 Å². The van der Waals surface area contributed by atoms with Gasteiger partial charge in [-0.2, -0.15) is 13.2 Å². The predicted octanol–water partition coefficient (Wildman–Crippen LogP) is 4.66. The number of alkyl halides is 3. The Morgan fingerprint density at radius 3 is 2.34 bits per heavy atom. The Hall–Kier alpha value is -3.91. The monoisotopic (exact) mass is 635 g/mol. The molecule has 1 aliphatic heterocycles. The maximum absolute atomic E-state index is 12.4. The van der Waals surface area contributed by atoms with E-state index in [1.807, 2.05) is 56.0 Å². The maximum atomic E-state index is 12.4. The predicted molar refractivity (Wildman–Crippen MR) is 160 cm³/mol. The van der Waals surface area contributed by atoms with Gasteiger partial charge in [-0.15, -0.1) is 10.2 Å². The van der Waals surface area contributed by atoms with Crippen LogP contribution in [0.15, 0.2) is 54.6 Å². The van der Waals surface area contributed by atoms with E-state index in [4.69, 9.17) is 9.47 Å². The first kappa shape index (κ1) is 33.0. The number of ether oxygens (including phenoxy) is 2. The molecule has 0 aliphatic carbocycles. The normalized spacial score (nSPS) is 14.5. The van der Waals surface area contributed by atoms with Gasteiger partial charge in [0.2, 0.25) is 10.0 Å². The van der Waals surface area contributed by atoms with Crippen LogP contribution in [0.3, 0.4) is 0 Å². The maximum Gasteiger partial charge on any atom is 0.390 e. The van der Waals surface area contributed by atoms with Gasteiger partial charge in [0, 0.05) is 32.7 Å². The molecule has 1 fully saturated rings. The van der Waals surface area contributed by atoms with Gasteiger partial charge in [0.25, 0.3) is 5.91 Å². The van der Waals surface area contributed by atoms with E-state index in [1.165, 1.54) is 12.1 Å². The van der Waals surface area contributed by atoms with Crippen molar-refractivity contribution in [3.05, 3.63) is 65.9 Å². The van der Waals surface area contributed by atoms with E-state index in [-0.39, 0.29) is 11.8 Å². The van der Waals surface area contributed by atoms with Crippen molar-refractivity contribution in [2.45, 2.75) is 46.0 Å². The third-order valence-corrected chi connectivity index (χ3v) is 7.94. The molecule has 1 amide bonds. The van der Waals surface area contributed by atoms with E-state index in [9.17, 15) is 26.4 Å². The summed E-state index contributed by atoms with van der Waals surface area (Å²) in [6, 6.07) is 17.0. The number of nitrogens with zero attached hydrogens (tertiary/aromatic N) is 4. The second-order valence-corrected chi connectivity index (χ2v) is 12.5. The molecule has 10 nitrogen and oxygen atoms in total. The van der Waals surface area contributed by atoms with Crippen molar-refractivity contribution in [1.29, 1.82) is 0 Å². The van der Waals surface area contributed by atoms with Crippen LogP contribution in [0.25, 0.3) is 11.1 Å². The molecule has 2 aromatic carbocycles. The van der Waals surface area contributed by atoms with Crippen LogP contribution in [-0.4, -0.2) is 80.2 Å². The summed E-state index contributed by atoms with van der Waals surface area (Å²) >= 11 is 0. The highest BCUT2D eigenvalue weighted by atomic mass is 32.2. The average molecular weight is 636 g/mol. The van der Waals surface area contributed by atoms with E-state index >= 15 is 0 Å². The zero-order valence-corrected chi connectivity index (χ0v) is 25.6. The lowest BCUT2D eigenvalue weighted by atomic mass is 10.0. The molecule has 0 radical (unpaired) electrons. The van der Waals surface area contributed by atoms with Gasteiger partial charge >= 0.3 is 6.18 Å². The number of anilines is 1. The van der Waals surface area contributed by atoms with Crippen LogP contribution in [-0.2, 0) is 16.6 Å². The molecule has 0 saturated carbocycles. The van der Waals surface area contributed by atoms with Gasteiger partial charge < -0.3 is 14.4 Å².